The van der Waals surface area contributed by atoms with Crippen LogP contribution < -0.4 is 14.8 Å². The number of aromatic nitrogens is 2. The molecule has 7 heteroatoms. The monoisotopic (exact) mass is 457 g/mol. The first kappa shape index (κ1) is 20.9. The van der Waals surface area contributed by atoms with Gasteiger partial charge >= 0.3 is 0 Å². The summed E-state index contributed by atoms with van der Waals surface area (Å²) in [6.07, 6.45) is 0.232. The quantitative estimate of drug-likeness (QED) is 0.544. The molecule has 1 atom stereocenters. The Bertz CT molecular complexity index is 1040. The van der Waals surface area contributed by atoms with Gasteiger partial charge in [-0.25, -0.2) is 4.98 Å². The van der Waals surface area contributed by atoms with E-state index in [1.807, 2.05) is 43.3 Å². The van der Waals surface area contributed by atoms with Gasteiger partial charge in [0.25, 0.3) is 0 Å². The third-order valence-electron chi connectivity index (χ3n) is 4.59. The highest BCUT2D eigenvalue weighted by Crippen LogP contribution is 2.28. The van der Waals surface area contributed by atoms with Crippen molar-refractivity contribution >= 4 is 32.9 Å². The molecule has 1 amide bonds. The number of imidazole rings is 1. The van der Waals surface area contributed by atoms with Crippen molar-refractivity contribution in [3.8, 4) is 11.5 Å². The van der Waals surface area contributed by atoms with Crippen LogP contribution in [-0.4, -0.2) is 29.7 Å². The van der Waals surface area contributed by atoms with Crippen molar-refractivity contribution in [2.45, 2.75) is 25.9 Å². The van der Waals surface area contributed by atoms with Crippen LogP contribution in [-0.2, 0) is 17.8 Å². The maximum atomic E-state index is 12.7. The fraction of sp³-hybridized carbons (Fsp3) is 0.273. The molecule has 1 unspecified atom stereocenters. The molecule has 29 heavy (non-hydrogen) atoms. The number of para-hydroxylation sites is 2. The minimum atomic E-state index is -0.262. The molecule has 1 heterocycles. The Kier molecular flexibility index (Phi) is 6.59. The maximum absolute atomic E-state index is 12.7. The first-order valence-corrected chi connectivity index (χ1v) is 10.0. The number of rotatable bonds is 8. The number of benzene rings is 2. The number of methoxy groups -OCH3 is 2. The van der Waals surface area contributed by atoms with Gasteiger partial charge in [0, 0.05) is 4.48 Å². The van der Waals surface area contributed by atoms with Crippen LogP contribution in [0.4, 0.5) is 0 Å². The molecule has 0 aliphatic heterocycles. The number of halogens is 1. The summed E-state index contributed by atoms with van der Waals surface area (Å²) in [7, 11) is 3.16. The van der Waals surface area contributed by atoms with E-state index in [1.165, 1.54) is 0 Å². The van der Waals surface area contributed by atoms with E-state index in [0.717, 1.165) is 26.9 Å². The molecule has 3 aromatic rings. The second-order valence-corrected chi connectivity index (χ2v) is 7.84. The van der Waals surface area contributed by atoms with Crippen molar-refractivity contribution < 1.29 is 14.3 Å². The number of carbonyl (C=O) groups excluding carboxylic acids is 1. The Balaban J connectivity index is 1.78. The van der Waals surface area contributed by atoms with E-state index in [1.54, 1.807) is 20.3 Å². The average molecular weight is 458 g/mol. The van der Waals surface area contributed by atoms with Crippen LogP contribution in [0.15, 0.2) is 53.5 Å². The van der Waals surface area contributed by atoms with Crippen LogP contribution in [0.25, 0.3) is 11.0 Å². The van der Waals surface area contributed by atoms with E-state index in [9.17, 15) is 4.79 Å². The largest absolute Gasteiger partial charge is 0.493 e. The normalized spacial score (nSPS) is 11.9. The lowest BCUT2D eigenvalue weighted by Gasteiger charge is -2.16. The number of hydrogen-bond donors (Lipinski definition) is 1. The van der Waals surface area contributed by atoms with Gasteiger partial charge in [-0.2, -0.15) is 0 Å². The van der Waals surface area contributed by atoms with Crippen LogP contribution >= 0.6 is 15.9 Å². The molecule has 0 saturated heterocycles. The second kappa shape index (κ2) is 9.13. The molecule has 6 nitrogen and oxygen atoms in total. The number of ether oxygens (including phenoxy) is 2. The molecular weight excluding hydrogens is 434 g/mol. The van der Waals surface area contributed by atoms with E-state index in [2.05, 4.69) is 32.4 Å². The number of fused-ring (bicyclic) bond motifs is 1. The summed E-state index contributed by atoms with van der Waals surface area (Å²) >= 11 is 3.43. The van der Waals surface area contributed by atoms with Crippen molar-refractivity contribution in [2.75, 3.05) is 14.2 Å². The molecule has 0 bridgehead atoms. The van der Waals surface area contributed by atoms with E-state index >= 15 is 0 Å². The lowest BCUT2D eigenvalue weighted by atomic mass is 10.1. The highest BCUT2D eigenvalue weighted by Gasteiger charge is 2.19. The number of amides is 1. The summed E-state index contributed by atoms with van der Waals surface area (Å²) in [6, 6.07) is 13.1. The highest BCUT2D eigenvalue weighted by atomic mass is 79.9. The molecule has 0 aliphatic rings. The topological polar surface area (TPSA) is 65.4 Å². The van der Waals surface area contributed by atoms with E-state index in [4.69, 9.17) is 14.5 Å². The fourth-order valence-corrected chi connectivity index (χ4v) is 3.55. The van der Waals surface area contributed by atoms with E-state index < -0.39 is 0 Å². The van der Waals surface area contributed by atoms with Gasteiger partial charge in [-0.05, 0) is 36.8 Å². The smallest absolute Gasteiger partial charge is 0.224 e. The number of nitrogens with zero attached hydrogens (tertiary/aromatic N) is 2. The zero-order valence-corrected chi connectivity index (χ0v) is 18.3. The van der Waals surface area contributed by atoms with Gasteiger partial charge in [0.15, 0.2) is 11.5 Å². The molecule has 0 fully saturated rings. The summed E-state index contributed by atoms with van der Waals surface area (Å²) < 4.78 is 13.5. The Morgan fingerprint density at radius 2 is 1.93 bits per heavy atom. The number of allylic oxidation sites excluding steroid dienone is 1. The van der Waals surface area contributed by atoms with Crippen LogP contribution in [0, 0.1) is 0 Å². The molecule has 1 N–H and O–H groups in total. The fourth-order valence-electron chi connectivity index (χ4n) is 3.30. The van der Waals surface area contributed by atoms with Gasteiger partial charge in [0.1, 0.15) is 5.82 Å². The highest BCUT2D eigenvalue weighted by molar-refractivity contribution is 9.11. The minimum Gasteiger partial charge on any atom is -0.493 e. The molecule has 152 valence electrons. The van der Waals surface area contributed by atoms with Crippen molar-refractivity contribution in [1.82, 2.24) is 14.9 Å². The molecule has 2 aromatic carbocycles. The first-order chi connectivity index (χ1) is 13.9. The molecule has 0 saturated carbocycles. The minimum absolute atomic E-state index is 0.0963. The number of nitrogens with one attached hydrogen (secondary N) is 1. The predicted molar refractivity (Wildman–Crippen MR) is 118 cm³/mol. The zero-order valence-electron chi connectivity index (χ0n) is 16.7. The third-order valence-corrected chi connectivity index (χ3v) is 4.84. The van der Waals surface area contributed by atoms with Crippen LogP contribution in [0.5, 0.6) is 11.5 Å². The third kappa shape index (κ3) is 4.79. The lowest BCUT2D eigenvalue weighted by Crippen LogP contribution is -2.30. The van der Waals surface area contributed by atoms with Gasteiger partial charge in [-0.15, -0.1) is 0 Å². The summed E-state index contributed by atoms with van der Waals surface area (Å²) in [5, 5.41) is 3.05. The Morgan fingerprint density at radius 3 is 2.62 bits per heavy atom. The van der Waals surface area contributed by atoms with Crippen LogP contribution in [0.1, 0.15) is 24.4 Å². The first-order valence-electron chi connectivity index (χ1n) is 9.21. The van der Waals surface area contributed by atoms with Gasteiger partial charge in [0.05, 0.1) is 44.3 Å². The Labute approximate surface area is 178 Å². The average Bonchev–Trinajstić information content (AvgIpc) is 3.06. The molecule has 1 aromatic heterocycles. The summed E-state index contributed by atoms with van der Waals surface area (Å²) in [6.45, 7) is 6.45. The van der Waals surface area contributed by atoms with Gasteiger partial charge in [-0.1, -0.05) is 40.7 Å². The molecule has 0 aliphatic carbocycles. The van der Waals surface area contributed by atoms with Crippen molar-refractivity contribution in [3.05, 3.63) is 64.9 Å². The van der Waals surface area contributed by atoms with Crippen LogP contribution in [0.3, 0.4) is 0 Å². The number of carbonyl (C=O) groups is 1. The SMILES string of the molecule is C=C(Br)Cn1c(C(C)NC(=O)Cc2ccc(OC)c(OC)c2)nc2ccccc21. The summed E-state index contributed by atoms with van der Waals surface area (Å²) in [4.78, 5) is 17.4. The molecule has 0 radical (unpaired) electrons. The van der Waals surface area contributed by atoms with E-state index in [0.29, 0.717) is 18.0 Å². The standard InChI is InChI=1S/C22H24BrN3O3/c1-14(23)13-26-18-8-6-5-7-17(18)25-22(26)15(2)24-21(27)12-16-9-10-19(28-3)20(11-16)29-4/h5-11,15H,1,12-13H2,2-4H3,(H,24,27). The van der Waals surface area contributed by atoms with Gasteiger partial charge in [-0.3, -0.25) is 4.79 Å². The van der Waals surface area contributed by atoms with E-state index in [-0.39, 0.29) is 18.4 Å². The molecule has 0 spiro atoms. The van der Waals surface area contributed by atoms with Crippen molar-refractivity contribution in [3.63, 3.8) is 0 Å². The van der Waals surface area contributed by atoms with Gasteiger partial charge < -0.3 is 19.4 Å². The molecule has 3 rings (SSSR count). The van der Waals surface area contributed by atoms with Gasteiger partial charge in [0.2, 0.25) is 5.91 Å². The Hall–Kier alpha value is -2.80. The Morgan fingerprint density at radius 1 is 1.21 bits per heavy atom. The second-order valence-electron chi connectivity index (χ2n) is 6.72. The van der Waals surface area contributed by atoms with Crippen molar-refractivity contribution in [2.24, 2.45) is 0 Å². The van der Waals surface area contributed by atoms with Crippen molar-refractivity contribution in [1.29, 1.82) is 0 Å². The van der Waals surface area contributed by atoms with Crippen LogP contribution in [0.2, 0.25) is 0 Å². The number of hydrogen-bond acceptors (Lipinski definition) is 4. The predicted octanol–water partition coefficient (Wildman–Crippen LogP) is 4.38. The summed E-state index contributed by atoms with van der Waals surface area (Å²) in [5.74, 6) is 1.92. The summed E-state index contributed by atoms with van der Waals surface area (Å²) in [5.41, 5.74) is 2.73. The lowest BCUT2D eigenvalue weighted by molar-refractivity contribution is -0.121. The zero-order chi connectivity index (χ0) is 21.0. The maximum Gasteiger partial charge on any atom is 0.224 e. The molecular formula is C22H24BrN3O3.